The maximum atomic E-state index is 13.3. The summed E-state index contributed by atoms with van der Waals surface area (Å²) in [6.45, 7) is 14.4. The molecule has 2 amide bonds. The third-order valence-electron chi connectivity index (χ3n) is 5.13. The first kappa shape index (κ1) is 25.9. The van der Waals surface area contributed by atoms with Gasteiger partial charge in [-0.05, 0) is 61.0 Å². The van der Waals surface area contributed by atoms with Gasteiger partial charge in [-0.3, -0.25) is 9.69 Å². The number of hydrogen-bond acceptors (Lipinski definition) is 6. The summed E-state index contributed by atoms with van der Waals surface area (Å²) >= 11 is 0. The molecule has 0 aliphatic carbocycles. The second kappa shape index (κ2) is 9.65. The van der Waals surface area contributed by atoms with Crippen molar-refractivity contribution in [1.29, 1.82) is 0 Å². The van der Waals surface area contributed by atoms with Crippen LogP contribution < -0.4 is 5.32 Å². The first-order chi connectivity index (χ1) is 14.7. The Hall–Kier alpha value is -2.35. The third kappa shape index (κ3) is 6.82. The Morgan fingerprint density at radius 3 is 2.25 bits per heavy atom. The first-order valence-corrected chi connectivity index (χ1v) is 11.1. The molecule has 2 aliphatic heterocycles. The van der Waals surface area contributed by atoms with Gasteiger partial charge in [0.25, 0.3) is 0 Å². The number of carbonyl (C=O) groups excluding carboxylic acids is 3. The van der Waals surface area contributed by atoms with E-state index in [1.54, 1.807) is 47.6 Å². The zero-order valence-electron chi connectivity index (χ0n) is 20.6. The Balaban J connectivity index is 2.46. The second-order valence-corrected chi connectivity index (χ2v) is 10.4. The highest BCUT2D eigenvalue weighted by atomic mass is 16.6. The minimum atomic E-state index is -1.06. The molecule has 0 aromatic rings. The number of hydrogen-bond donors (Lipinski definition) is 1. The van der Waals surface area contributed by atoms with Gasteiger partial charge in [-0.15, -0.1) is 0 Å². The topological polar surface area (TPSA) is 94.2 Å². The highest BCUT2D eigenvalue weighted by molar-refractivity contribution is 5.83. The van der Waals surface area contributed by atoms with Crippen LogP contribution >= 0.6 is 0 Å². The number of likely N-dealkylation sites (tertiary alicyclic amines) is 1. The summed E-state index contributed by atoms with van der Waals surface area (Å²) in [6.07, 6.45) is 7.59. The molecule has 1 N–H and O–H groups in total. The Morgan fingerprint density at radius 1 is 1.16 bits per heavy atom. The molecule has 0 radical (unpaired) electrons. The van der Waals surface area contributed by atoms with Crippen LogP contribution in [0, 0.1) is 5.92 Å². The number of nitrogens with zero attached hydrogens (tertiary/aromatic N) is 1. The van der Waals surface area contributed by atoms with Gasteiger partial charge < -0.3 is 19.5 Å². The van der Waals surface area contributed by atoms with Crippen LogP contribution in [0.2, 0.25) is 0 Å². The van der Waals surface area contributed by atoms with Crippen LogP contribution in [-0.4, -0.2) is 58.5 Å². The maximum Gasteiger partial charge on any atom is 0.411 e. The molecule has 32 heavy (non-hydrogen) atoms. The predicted octanol–water partition coefficient (Wildman–Crippen LogP) is 3.71. The quantitative estimate of drug-likeness (QED) is 0.507. The fourth-order valence-electron chi connectivity index (χ4n) is 4.17. The zero-order valence-corrected chi connectivity index (χ0v) is 20.6. The zero-order chi connectivity index (χ0) is 24.3. The van der Waals surface area contributed by atoms with Crippen molar-refractivity contribution in [3.05, 3.63) is 24.3 Å². The van der Waals surface area contributed by atoms with Crippen molar-refractivity contribution in [3.8, 4) is 0 Å². The van der Waals surface area contributed by atoms with E-state index in [0.717, 1.165) is 0 Å². The highest BCUT2D eigenvalue weighted by Gasteiger charge is 2.52. The van der Waals surface area contributed by atoms with Gasteiger partial charge in [0.1, 0.15) is 17.2 Å². The fraction of sp³-hybridized carbons (Fsp3) is 0.708. The smallest absolute Gasteiger partial charge is 0.411 e. The SMILES string of the molecule is CC=C[C@@H]1C[C@H](C(=O)OC(C)(C)C)N(C(=O)OC(C)(C)C)[C@@H]1CC1(NC(C)=O)C=CCO1. The molecular formula is C24H38N2O6. The summed E-state index contributed by atoms with van der Waals surface area (Å²) in [5.74, 6) is -0.866. The number of allylic oxidation sites excluding steroid dienone is 1. The highest BCUT2D eigenvalue weighted by Crippen LogP contribution is 2.39. The average molecular weight is 451 g/mol. The molecule has 0 aromatic carbocycles. The van der Waals surface area contributed by atoms with Gasteiger partial charge in [-0.25, -0.2) is 9.59 Å². The molecule has 0 spiro atoms. The van der Waals surface area contributed by atoms with Crippen molar-refractivity contribution >= 4 is 18.0 Å². The molecule has 2 heterocycles. The Morgan fingerprint density at radius 2 is 1.78 bits per heavy atom. The Kier molecular flexibility index (Phi) is 7.81. The van der Waals surface area contributed by atoms with E-state index in [9.17, 15) is 14.4 Å². The van der Waals surface area contributed by atoms with Gasteiger partial charge in [-0.1, -0.05) is 18.2 Å². The lowest BCUT2D eigenvalue weighted by atomic mass is 9.91. The van der Waals surface area contributed by atoms with Gasteiger partial charge in [0.2, 0.25) is 5.91 Å². The van der Waals surface area contributed by atoms with E-state index in [0.29, 0.717) is 13.0 Å². The maximum absolute atomic E-state index is 13.3. The van der Waals surface area contributed by atoms with Crippen molar-refractivity contribution in [2.24, 2.45) is 5.92 Å². The number of nitrogens with one attached hydrogen (secondary N) is 1. The normalized spacial score (nSPS) is 28.2. The fourth-order valence-corrected chi connectivity index (χ4v) is 4.17. The molecule has 4 atom stereocenters. The molecule has 0 saturated carbocycles. The summed E-state index contributed by atoms with van der Waals surface area (Å²) in [4.78, 5) is 39.8. The van der Waals surface area contributed by atoms with Crippen LogP contribution in [0.25, 0.3) is 0 Å². The molecule has 8 nitrogen and oxygen atoms in total. The summed E-state index contributed by atoms with van der Waals surface area (Å²) in [6, 6.07) is -1.26. The van der Waals surface area contributed by atoms with E-state index in [4.69, 9.17) is 14.2 Å². The first-order valence-electron chi connectivity index (χ1n) is 11.1. The summed E-state index contributed by atoms with van der Waals surface area (Å²) in [5.41, 5.74) is -2.49. The number of ether oxygens (including phenoxy) is 3. The Bertz CT molecular complexity index is 776. The van der Waals surface area contributed by atoms with Gasteiger partial charge >= 0.3 is 12.1 Å². The van der Waals surface area contributed by atoms with Crippen LogP contribution in [0.15, 0.2) is 24.3 Å². The van der Waals surface area contributed by atoms with Crippen LogP contribution in [0.1, 0.15) is 68.2 Å². The number of amides is 2. The molecule has 1 unspecified atom stereocenters. The summed E-state index contributed by atoms with van der Waals surface area (Å²) in [7, 11) is 0. The minimum absolute atomic E-state index is 0.145. The molecular weight excluding hydrogens is 412 g/mol. The lowest BCUT2D eigenvalue weighted by Gasteiger charge is -2.37. The van der Waals surface area contributed by atoms with E-state index in [1.807, 2.05) is 25.2 Å². The van der Waals surface area contributed by atoms with E-state index >= 15 is 0 Å². The van der Waals surface area contributed by atoms with Crippen molar-refractivity contribution in [2.75, 3.05) is 6.61 Å². The van der Waals surface area contributed by atoms with Crippen molar-refractivity contribution < 1.29 is 28.6 Å². The van der Waals surface area contributed by atoms with Crippen molar-refractivity contribution in [3.63, 3.8) is 0 Å². The van der Waals surface area contributed by atoms with E-state index in [1.165, 1.54) is 11.8 Å². The minimum Gasteiger partial charge on any atom is -0.458 e. The third-order valence-corrected chi connectivity index (χ3v) is 5.13. The van der Waals surface area contributed by atoms with E-state index in [2.05, 4.69) is 5.32 Å². The molecule has 8 heteroatoms. The second-order valence-electron chi connectivity index (χ2n) is 10.4. The number of esters is 1. The summed E-state index contributed by atoms with van der Waals surface area (Å²) in [5, 5.41) is 2.87. The molecule has 180 valence electrons. The van der Waals surface area contributed by atoms with Crippen molar-refractivity contribution in [2.45, 2.75) is 97.2 Å². The average Bonchev–Trinajstić information content (AvgIpc) is 3.17. The molecule has 0 bridgehead atoms. The van der Waals surface area contributed by atoms with Gasteiger partial charge in [0.05, 0.1) is 6.61 Å². The Labute approximate surface area is 191 Å². The van der Waals surface area contributed by atoms with Crippen LogP contribution in [0.5, 0.6) is 0 Å². The largest absolute Gasteiger partial charge is 0.458 e. The van der Waals surface area contributed by atoms with Crippen LogP contribution in [0.4, 0.5) is 4.79 Å². The molecule has 2 rings (SSSR count). The van der Waals surface area contributed by atoms with Gasteiger partial charge in [0.15, 0.2) is 5.72 Å². The van der Waals surface area contributed by atoms with Gasteiger partial charge in [-0.2, -0.15) is 0 Å². The summed E-state index contributed by atoms with van der Waals surface area (Å²) < 4.78 is 17.2. The predicted molar refractivity (Wildman–Crippen MR) is 121 cm³/mol. The molecule has 1 fully saturated rings. The van der Waals surface area contributed by atoms with E-state index < -0.39 is 41.1 Å². The van der Waals surface area contributed by atoms with Gasteiger partial charge in [0, 0.05) is 25.3 Å². The standard InChI is InChI=1S/C24H38N2O6/c1-9-11-17-14-18(20(28)31-22(3,4)5)26(21(29)32-23(6,7)8)19(17)15-24(25-16(2)27)12-10-13-30-24/h9-12,17-19H,13-15H2,1-8H3,(H,25,27)/t17-,18-,19-,24?/m1/s1. The molecule has 2 aliphatic rings. The monoisotopic (exact) mass is 450 g/mol. The van der Waals surface area contributed by atoms with Crippen molar-refractivity contribution in [1.82, 2.24) is 10.2 Å². The van der Waals surface area contributed by atoms with Crippen LogP contribution in [-0.2, 0) is 23.8 Å². The number of carbonyl (C=O) groups is 3. The van der Waals surface area contributed by atoms with Crippen LogP contribution in [0.3, 0.4) is 0 Å². The lowest BCUT2D eigenvalue weighted by molar-refractivity contribution is -0.161. The lowest BCUT2D eigenvalue weighted by Crippen LogP contribution is -2.55. The number of rotatable bonds is 5. The molecule has 0 aromatic heterocycles. The van der Waals surface area contributed by atoms with E-state index in [-0.39, 0.29) is 18.2 Å². The molecule has 1 saturated heterocycles.